The quantitative estimate of drug-likeness (QED) is 0.510. The molecule has 0 radical (unpaired) electrons. The molecule has 2 saturated heterocycles. The molecule has 1 amide bonds. The van der Waals surface area contributed by atoms with Crippen molar-refractivity contribution in [2.45, 2.75) is 64.1 Å². The summed E-state index contributed by atoms with van der Waals surface area (Å²) in [5.74, 6) is -0.0625. The average molecular weight is 572 g/mol. The summed E-state index contributed by atoms with van der Waals surface area (Å²) >= 11 is 9.50. The van der Waals surface area contributed by atoms with Crippen molar-refractivity contribution in [3.05, 3.63) is 21.4 Å². The molecule has 3 fully saturated rings. The van der Waals surface area contributed by atoms with Gasteiger partial charge >= 0.3 is 12.1 Å². The molecule has 35 heavy (non-hydrogen) atoms. The number of rotatable bonds is 5. The zero-order valence-electron chi connectivity index (χ0n) is 20.0. The van der Waals surface area contributed by atoms with E-state index in [1.165, 1.54) is 0 Å². The summed E-state index contributed by atoms with van der Waals surface area (Å²) in [6.45, 7) is 6.92. The summed E-state index contributed by atoms with van der Waals surface area (Å²) in [6.07, 6.45) is 3.14. The Balaban J connectivity index is 1.48. The van der Waals surface area contributed by atoms with Crippen LogP contribution >= 0.6 is 27.5 Å². The van der Waals surface area contributed by atoms with Gasteiger partial charge in [-0.15, -0.1) is 0 Å². The maximum absolute atomic E-state index is 15.2. The fourth-order valence-electron chi connectivity index (χ4n) is 4.87. The zero-order valence-corrected chi connectivity index (χ0v) is 22.3. The van der Waals surface area contributed by atoms with Crippen LogP contribution in [0.4, 0.5) is 15.0 Å². The fourth-order valence-corrected chi connectivity index (χ4v) is 5.37. The monoisotopic (exact) mass is 570 g/mol. The Morgan fingerprint density at radius 3 is 2.51 bits per heavy atom. The van der Waals surface area contributed by atoms with Crippen LogP contribution in [0, 0.1) is 11.2 Å². The van der Waals surface area contributed by atoms with Gasteiger partial charge in [-0.1, -0.05) is 11.6 Å². The van der Waals surface area contributed by atoms with E-state index in [0.29, 0.717) is 24.3 Å². The van der Waals surface area contributed by atoms with Crippen LogP contribution in [0.25, 0.3) is 10.9 Å². The highest BCUT2D eigenvalue weighted by atomic mass is 79.9. The number of aliphatic hydroxyl groups is 1. The maximum atomic E-state index is 15.2. The topological polar surface area (TPSA) is 88.0 Å². The molecule has 1 aliphatic carbocycles. The number of aliphatic hydroxyl groups excluding tert-OH is 1. The number of benzene rings is 1. The molecule has 2 bridgehead atoms. The first-order valence-electron chi connectivity index (χ1n) is 11.9. The van der Waals surface area contributed by atoms with Crippen LogP contribution in [0.5, 0.6) is 6.01 Å². The van der Waals surface area contributed by atoms with Crippen molar-refractivity contribution >= 4 is 50.3 Å². The van der Waals surface area contributed by atoms with Crippen molar-refractivity contribution in [2.75, 3.05) is 31.2 Å². The minimum absolute atomic E-state index is 0.0267. The van der Waals surface area contributed by atoms with Gasteiger partial charge in [-0.05, 0) is 68.5 Å². The van der Waals surface area contributed by atoms with E-state index in [9.17, 15) is 9.90 Å². The summed E-state index contributed by atoms with van der Waals surface area (Å²) in [6, 6.07) is 1.62. The summed E-state index contributed by atoms with van der Waals surface area (Å²) < 4.78 is 26.9. The second kappa shape index (κ2) is 8.88. The third kappa shape index (κ3) is 4.76. The Kier molecular flexibility index (Phi) is 6.29. The number of halogens is 3. The molecule has 2 aliphatic heterocycles. The van der Waals surface area contributed by atoms with Crippen LogP contribution in [0.15, 0.2) is 10.5 Å². The van der Waals surface area contributed by atoms with Gasteiger partial charge in [-0.2, -0.15) is 9.97 Å². The lowest BCUT2D eigenvalue weighted by atomic mass is 10.1. The van der Waals surface area contributed by atoms with E-state index in [0.717, 1.165) is 25.7 Å². The van der Waals surface area contributed by atoms with Crippen LogP contribution in [0.3, 0.4) is 0 Å². The minimum Gasteiger partial charge on any atom is -0.463 e. The smallest absolute Gasteiger partial charge is 0.410 e. The summed E-state index contributed by atoms with van der Waals surface area (Å²) in [4.78, 5) is 25.8. The number of carbonyl (C=O) groups is 1. The molecule has 2 atom stereocenters. The van der Waals surface area contributed by atoms with Crippen LogP contribution in [-0.2, 0) is 4.74 Å². The van der Waals surface area contributed by atoms with Crippen LogP contribution in [0.2, 0.25) is 5.02 Å². The first kappa shape index (κ1) is 24.8. The number of amides is 1. The van der Waals surface area contributed by atoms with Gasteiger partial charge in [0.25, 0.3) is 0 Å². The molecule has 11 heteroatoms. The highest BCUT2D eigenvalue weighted by molar-refractivity contribution is 9.10. The maximum Gasteiger partial charge on any atom is 0.410 e. The number of carbonyl (C=O) groups excluding carboxylic acids is 1. The molecule has 0 spiro atoms. The van der Waals surface area contributed by atoms with Gasteiger partial charge in [0.15, 0.2) is 5.82 Å². The third-order valence-corrected chi connectivity index (χ3v) is 8.27. The number of piperazine rings is 1. The molecular formula is C24H29BrClFN4O4. The van der Waals surface area contributed by atoms with Crippen LogP contribution in [0.1, 0.15) is 46.5 Å². The molecule has 2 aromatic rings. The number of fused-ring (bicyclic) bond motifs is 3. The van der Waals surface area contributed by atoms with Gasteiger partial charge in [-0.3, -0.25) is 4.90 Å². The first-order valence-corrected chi connectivity index (χ1v) is 13.0. The largest absolute Gasteiger partial charge is 0.463 e. The molecular weight excluding hydrogens is 543 g/mol. The summed E-state index contributed by atoms with van der Waals surface area (Å²) in [5, 5.41) is 10.3. The number of ether oxygens (including phenoxy) is 2. The Morgan fingerprint density at radius 2 is 1.94 bits per heavy atom. The van der Waals surface area contributed by atoms with E-state index in [4.69, 9.17) is 21.1 Å². The molecule has 3 aliphatic rings. The molecule has 2 unspecified atom stereocenters. The van der Waals surface area contributed by atoms with E-state index in [-0.39, 0.29) is 57.8 Å². The normalized spacial score (nSPS) is 23.1. The molecule has 1 N–H and O–H groups in total. The molecule has 1 aromatic heterocycles. The Labute approximate surface area is 216 Å². The Morgan fingerprint density at radius 1 is 1.29 bits per heavy atom. The lowest BCUT2D eigenvalue weighted by Gasteiger charge is -2.42. The molecule has 190 valence electrons. The number of aromatic nitrogens is 2. The second-order valence-electron chi connectivity index (χ2n) is 10.8. The fraction of sp³-hybridized carbons (Fsp3) is 0.625. The lowest BCUT2D eigenvalue weighted by Crippen LogP contribution is -2.57. The van der Waals surface area contributed by atoms with Crippen LogP contribution in [-0.4, -0.2) is 70.1 Å². The predicted octanol–water partition coefficient (Wildman–Crippen LogP) is 4.92. The van der Waals surface area contributed by atoms with Crippen molar-refractivity contribution < 1.29 is 23.8 Å². The van der Waals surface area contributed by atoms with Crippen molar-refractivity contribution in [2.24, 2.45) is 5.41 Å². The van der Waals surface area contributed by atoms with Gasteiger partial charge in [0.05, 0.1) is 34.8 Å². The molecule has 8 nitrogen and oxygen atoms in total. The van der Waals surface area contributed by atoms with Crippen LogP contribution < -0.4 is 9.64 Å². The Bertz CT molecular complexity index is 1160. The zero-order chi connectivity index (χ0) is 25.1. The third-order valence-electron chi connectivity index (χ3n) is 6.97. The van der Waals surface area contributed by atoms with E-state index < -0.39 is 11.4 Å². The highest BCUT2D eigenvalue weighted by Gasteiger charge is 2.45. The second-order valence-corrected chi connectivity index (χ2v) is 12.0. The van der Waals surface area contributed by atoms with Gasteiger partial charge in [0.2, 0.25) is 0 Å². The summed E-state index contributed by atoms with van der Waals surface area (Å²) in [7, 11) is 0. The van der Waals surface area contributed by atoms with Crippen molar-refractivity contribution in [3.8, 4) is 6.01 Å². The van der Waals surface area contributed by atoms with Crippen molar-refractivity contribution in [3.63, 3.8) is 0 Å². The van der Waals surface area contributed by atoms with Crippen molar-refractivity contribution in [1.29, 1.82) is 0 Å². The number of hydrogen-bond acceptors (Lipinski definition) is 7. The molecule has 3 heterocycles. The van der Waals surface area contributed by atoms with E-state index in [1.807, 2.05) is 25.7 Å². The van der Waals surface area contributed by atoms with Gasteiger partial charge in [0.1, 0.15) is 16.9 Å². The van der Waals surface area contributed by atoms with Gasteiger partial charge in [0, 0.05) is 23.9 Å². The lowest BCUT2D eigenvalue weighted by molar-refractivity contribution is 0.0122. The molecule has 1 saturated carbocycles. The number of anilines is 1. The van der Waals surface area contributed by atoms with Gasteiger partial charge < -0.3 is 19.5 Å². The Hall–Kier alpha value is -1.91. The van der Waals surface area contributed by atoms with Gasteiger partial charge in [-0.25, -0.2) is 9.18 Å². The standard InChI is InChI=1S/C24H29BrClFN4O4/c1-23(2,3)35-22(33)31-13-4-5-14(31)10-30(9-13)20-15-8-16(26)17(25)18(27)19(15)28-21(29-20)34-12-24(11-32)6-7-24/h8,13-14,32H,4-7,9-12H2,1-3H3. The number of hydrogen-bond donors (Lipinski definition) is 1. The highest BCUT2D eigenvalue weighted by Crippen LogP contribution is 2.45. The summed E-state index contributed by atoms with van der Waals surface area (Å²) in [5.41, 5.74) is -0.731. The SMILES string of the molecule is CC(C)(C)OC(=O)N1C2CCC1CN(c1nc(OCC3(CO)CC3)nc3c(F)c(Br)c(Cl)cc13)C2. The van der Waals surface area contributed by atoms with Crippen molar-refractivity contribution in [1.82, 2.24) is 14.9 Å². The minimum atomic E-state index is -0.584. The number of nitrogens with zero attached hydrogens (tertiary/aromatic N) is 4. The predicted molar refractivity (Wildman–Crippen MR) is 134 cm³/mol. The van der Waals surface area contributed by atoms with E-state index in [2.05, 4.69) is 30.8 Å². The molecule has 5 rings (SSSR count). The van der Waals surface area contributed by atoms with E-state index >= 15 is 4.39 Å². The molecule has 1 aromatic carbocycles. The van der Waals surface area contributed by atoms with E-state index in [1.54, 1.807) is 6.07 Å². The first-order chi connectivity index (χ1) is 16.5. The average Bonchev–Trinajstić information content (AvgIpc) is 3.53.